The first-order chi connectivity index (χ1) is 18.1. The van der Waals surface area contributed by atoms with Crippen LogP contribution >= 0.6 is 0 Å². The summed E-state index contributed by atoms with van der Waals surface area (Å²) < 4.78 is 34.2. The number of rotatable bonds is 14. The van der Waals surface area contributed by atoms with E-state index in [0.29, 0.717) is 19.5 Å². The smallest absolute Gasteiger partial charge is 0.305 e. The van der Waals surface area contributed by atoms with E-state index >= 15 is 0 Å². The molecule has 11 heteroatoms. The number of fused-ring (bicyclic) bond motifs is 1. The summed E-state index contributed by atoms with van der Waals surface area (Å²) >= 11 is 0. The Morgan fingerprint density at radius 3 is 2.53 bits per heavy atom. The summed E-state index contributed by atoms with van der Waals surface area (Å²) in [4.78, 5) is 36.6. The van der Waals surface area contributed by atoms with Gasteiger partial charge in [0.1, 0.15) is 16.9 Å². The monoisotopic (exact) mass is 541 g/mol. The van der Waals surface area contributed by atoms with Crippen molar-refractivity contribution in [1.29, 1.82) is 0 Å². The van der Waals surface area contributed by atoms with Crippen molar-refractivity contribution in [2.24, 2.45) is 0 Å². The second-order valence-corrected chi connectivity index (χ2v) is 10.6. The Bertz CT molecular complexity index is 1400. The van der Waals surface area contributed by atoms with Crippen LogP contribution in [0.2, 0.25) is 0 Å². The van der Waals surface area contributed by atoms with Crippen molar-refractivity contribution in [2.45, 2.75) is 23.8 Å². The third-order valence-electron chi connectivity index (χ3n) is 5.71. The predicted molar refractivity (Wildman–Crippen MR) is 143 cm³/mol. The van der Waals surface area contributed by atoms with Gasteiger partial charge in [-0.2, -0.15) is 0 Å². The molecule has 1 atom stereocenters. The third kappa shape index (κ3) is 7.85. The van der Waals surface area contributed by atoms with E-state index in [1.807, 2.05) is 61.5 Å². The highest BCUT2D eigenvalue weighted by molar-refractivity contribution is 7.89. The fourth-order valence-electron chi connectivity index (χ4n) is 3.83. The van der Waals surface area contributed by atoms with Gasteiger partial charge >= 0.3 is 5.97 Å². The number of carboxylic acid groups (broad SMARTS) is 1. The maximum Gasteiger partial charge on any atom is 0.305 e. The Morgan fingerprint density at radius 2 is 1.82 bits per heavy atom. The summed E-state index contributed by atoms with van der Waals surface area (Å²) in [6.07, 6.45) is -0.0326. The molecule has 0 aliphatic heterocycles. The molecule has 38 heavy (non-hydrogen) atoms. The van der Waals surface area contributed by atoms with Crippen LogP contribution in [0.25, 0.3) is 10.8 Å². The van der Waals surface area contributed by atoms with Crippen LogP contribution in [0.15, 0.2) is 65.6 Å². The van der Waals surface area contributed by atoms with Crippen LogP contribution in [-0.4, -0.2) is 76.4 Å². The van der Waals surface area contributed by atoms with Gasteiger partial charge in [-0.05, 0) is 48.6 Å². The molecule has 0 bridgehead atoms. The number of nitrogens with one attached hydrogen (secondary N) is 2. The number of hydrogen-bond donors (Lipinski definition) is 3. The van der Waals surface area contributed by atoms with Crippen molar-refractivity contribution < 1.29 is 32.6 Å². The Labute approximate surface area is 221 Å². The maximum absolute atomic E-state index is 13.1. The number of ether oxygens (including phenoxy) is 1. The molecule has 0 fully saturated rings. The molecular weight excluding hydrogens is 510 g/mol. The van der Waals surface area contributed by atoms with Crippen LogP contribution in [-0.2, 0) is 26.0 Å². The first-order valence-electron chi connectivity index (χ1n) is 12.0. The van der Waals surface area contributed by atoms with E-state index in [4.69, 9.17) is 9.84 Å². The van der Waals surface area contributed by atoms with Crippen molar-refractivity contribution in [3.05, 3.63) is 71.8 Å². The topological polar surface area (TPSA) is 142 Å². The van der Waals surface area contributed by atoms with E-state index in [1.54, 1.807) is 0 Å². The zero-order valence-electron chi connectivity index (χ0n) is 21.2. The number of nitrogens with zero attached hydrogens (tertiary/aromatic N) is 1. The van der Waals surface area contributed by atoms with Gasteiger partial charge in [0.05, 0.1) is 19.1 Å². The van der Waals surface area contributed by atoms with Crippen LogP contribution in [0.3, 0.4) is 0 Å². The Kier molecular flexibility index (Phi) is 9.94. The molecule has 0 saturated heterocycles. The molecule has 0 heterocycles. The summed E-state index contributed by atoms with van der Waals surface area (Å²) in [7, 11) is -0.611. The lowest BCUT2D eigenvalue weighted by molar-refractivity contribution is -0.138. The van der Waals surface area contributed by atoms with Crippen molar-refractivity contribution in [2.75, 3.05) is 33.8 Å². The fourth-order valence-corrected chi connectivity index (χ4v) is 5.12. The summed E-state index contributed by atoms with van der Waals surface area (Å²) in [6.45, 7) is 1.11. The normalized spacial score (nSPS) is 12.3. The van der Waals surface area contributed by atoms with E-state index in [1.165, 1.54) is 18.2 Å². The van der Waals surface area contributed by atoms with E-state index in [9.17, 15) is 22.8 Å². The number of sulfonamides is 1. The van der Waals surface area contributed by atoms with Crippen LogP contribution in [0.5, 0.6) is 5.75 Å². The lowest BCUT2D eigenvalue weighted by atomic mass is 10.0. The molecule has 3 aromatic rings. The van der Waals surface area contributed by atoms with E-state index in [2.05, 4.69) is 10.0 Å². The molecule has 0 aliphatic carbocycles. The van der Waals surface area contributed by atoms with Gasteiger partial charge in [0.25, 0.3) is 5.91 Å². The second kappa shape index (κ2) is 13.1. The summed E-state index contributed by atoms with van der Waals surface area (Å²) in [5.74, 6) is -1.82. The van der Waals surface area contributed by atoms with Crippen molar-refractivity contribution in [1.82, 2.24) is 14.9 Å². The lowest BCUT2D eigenvalue weighted by Crippen LogP contribution is -2.37. The van der Waals surface area contributed by atoms with E-state index < -0.39 is 34.4 Å². The second-order valence-electron chi connectivity index (χ2n) is 8.92. The Morgan fingerprint density at radius 1 is 1.08 bits per heavy atom. The minimum Gasteiger partial charge on any atom is -0.492 e. The number of hydrogen-bond acceptors (Lipinski definition) is 7. The SMILES string of the molecule is CN(C)CCNC(=O)c1ccc(S(=O)(=O)N[C@H](C=O)CC(=O)O)c(OCCc2cccc3ccccc23)c1. The van der Waals surface area contributed by atoms with Gasteiger partial charge in [0.15, 0.2) is 0 Å². The molecule has 0 aromatic heterocycles. The van der Waals surface area contributed by atoms with Crippen LogP contribution in [0.1, 0.15) is 22.3 Å². The summed E-state index contributed by atoms with van der Waals surface area (Å²) in [6, 6.07) is 16.2. The maximum atomic E-state index is 13.1. The standard InChI is InChI=1S/C27H31N3O7S/c1-30(2)14-13-28-27(34)21-10-11-25(38(35,36)29-22(18-31)17-26(32)33)24(16-21)37-15-12-20-8-5-7-19-6-3-4-9-23(19)20/h3-11,16,18,22,29H,12-15,17H2,1-2H3,(H,28,34)(H,32,33)/t22-/m0/s1. The summed E-state index contributed by atoms with van der Waals surface area (Å²) in [5, 5.41) is 13.8. The van der Waals surface area contributed by atoms with Crippen LogP contribution in [0.4, 0.5) is 0 Å². The number of amides is 1. The third-order valence-corrected chi connectivity index (χ3v) is 7.24. The fraction of sp³-hybridized carbons (Fsp3) is 0.296. The average molecular weight is 542 g/mol. The predicted octanol–water partition coefficient (Wildman–Crippen LogP) is 2.07. The van der Waals surface area contributed by atoms with Crippen molar-refractivity contribution in [3.63, 3.8) is 0 Å². The van der Waals surface area contributed by atoms with Gasteiger partial charge in [-0.1, -0.05) is 42.5 Å². The molecule has 0 unspecified atom stereocenters. The average Bonchev–Trinajstić information content (AvgIpc) is 2.87. The minimum atomic E-state index is -4.36. The van der Waals surface area contributed by atoms with Crippen LogP contribution < -0.4 is 14.8 Å². The molecule has 3 aromatic carbocycles. The number of carbonyl (C=O) groups excluding carboxylic acids is 2. The van der Waals surface area contributed by atoms with Gasteiger partial charge in [0.2, 0.25) is 10.0 Å². The highest BCUT2D eigenvalue weighted by Gasteiger charge is 2.26. The van der Waals surface area contributed by atoms with E-state index in [0.717, 1.165) is 16.3 Å². The van der Waals surface area contributed by atoms with Gasteiger partial charge in [0, 0.05) is 25.1 Å². The minimum absolute atomic E-state index is 0.0852. The zero-order chi connectivity index (χ0) is 27.7. The molecule has 0 aliphatic rings. The van der Waals surface area contributed by atoms with Crippen molar-refractivity contribution >= 4 is 39.0 Å². The van der Waals surface area contributed by atoms with Gasteiger partial charge in [-0.15, -0.1) is 0 Å². The number of carboxylic acids is 1. The first kappa shape index (κ1) is 28.8. The number of likely N-dealkylation sites (N-methyl/N-ethyl adjacent to an activating group) is 1. The Hall–Kier alpha value is -3.80. The first-order valence-corrected chi connectivity index (χ1v) is 13.4. The molecule has 0 saturated carbocycles. The van der Waals surface area contributed by atoms with Gasteiger partial charge in [-0.25, -0.2) is 13.1 Å². The highest BCUT2D eigenvalue weighted by Crippen LogP contribution is 2.27. The molecule has 0 spiro atoms. The molecule has 1 amide bonds. The number of aldehydes is 1. The molecular formula is C27H31N3O7S. The molecule has 3 rings (SSSR count). The van der Waals surface area contributed by atoms with Crippen LogP contribution in [0, 0.1) is 0 Å². The van der Waals surface area contributed by atoms with Crippen molar-refractivity contribution in [3.8, 4) is 5.75 Å². The van der Waals surface area contributed by atoms with Gasteiger partial charge < -0.3 is 24.9 Å². The largest absolute Gasteiger partial charge is 0.492 e. The lowest BCUT2D eigenvalue weighted by Gasteiger charge is -2.17. The van der Waals surface area contributed by atoms with E-state index in [-0.39, 0.29) is 29.1 Å². The van der Waals surface area contributed by atoms with Gasteiger partial charge in [-0.3, -0.25) is 9.59 Å². The highest BCUT2D eigenvalue weighted by atomic mass is 32.2. The Balaban J connectivity index is 1.87. The molecule has 202 valence electrons. The quantitative estimate of drug-likeness (QED) is 0.263. The number of aliphatic carboxylic acids is 1. The number of carbonyl (C=O) groups is 3. The molecule has 0 radical (unpaired) electrons. The zero-order valence-corrected chi connectivity index (χ0v) is 22.0. The summed E-state index contributed by atoms with van der Waals surface area (Å²) in [5.41, 5.74) is 1.20. The number of benzene rings is 3. The molecule has 10 nitrogen and oxygen atoms in total. The molecule has 3 N–H and O–H groups in total.